The minimum Gasteiger partial charge on any atom is -0.390 e. The van der Waals surface area contributed by atoms with E-state index in [1.807, 2.05) is 11.6 Å². The van der Waals surface area contributed by atoms with E-state index in [-0.39, 0.29) is 6.61 Å². The van der Waals surface area contributed by atoms with E-state index in [0.29, 0.717) is 0 Å². The third-order valence-corrected chi connectivity index (χ3v) is 4.35. The van der Waals surface area contributed by atoms with Gasteiger partial charge in [-0.2, -0.15) is 0 Å². The highest BCUT2D eigenvalue weighted by Gasteiger charge is 2.05. The Balaban J connectivity index is 1.87. The molecule has 0 aromatic carbocycles. The number of aliphatic hydroxyl groups is 1. The Hall–Kier alpha value is -0.780. The van der Waals surface area contributed by atoms with Crippen molar-refractivity contribution in [2.45, 2.75) is 18.2 Å². The average Bonchev–Trinajstić information content (AvgIpc) is 2.90. The summed E-state index contributed by atoms with van der Waals surface area (Å²) in [7, 11) is 1.94. The first kappa shape index (κ1) is 11.7. The van der Waals surface area contributed by atoms with E-state index in [1.165, 1.54) is 4.88 Å². The predicted molar refractivity (Wildman–Crippen MR) is 67.9 cm³/mol. The lowest BCUT2D eigenvalue weighted by Gasteiger charge is -2.02. The van der Waals surface area contributed by atoms with Gasteiger partial charge in [-0.1, -0.05) is 17.8 Å². The maximum absolute atomic E-state index is 9.04. The molecule has 0 atom stereocenters. The lowest BCUT2D eigenvalue weighted by Crippen LogP contribution is -1.98. The van der Waals surface area contributed by atoms with Crippen LogP contribution in [0, 0.1) is 0 Å². The van der Waals surface area contributed by atoms with Crippen molar-refractivity contribution in [1.82, 2.24) is 9.55 Å². The van der Waals surface area contributed by atoms with Crippen molar-refractivity contribution in [3.05, 3.63) is 34.3 Å². The quantitative estimate of drug-likeness (QED) is 0.832. The fraction of sp³-hybridized carbons (Fsp3) is 0.364. The van der Waals surface area contributed by atoms with Crippen molar-refractivity contribution in [2.75, 3.05) is 5.75 Å². The molecule has 3 nitrogen and oxygen atoms in total. The van der Waals surface area contributed by atoms with E-state index in [9.17, 15) is 0 Å². The highest BCUT2D eigenvalue weighted by molar-refractivity contribution is 7.99. The highest BCUT2D eigenvalue weighted by Crippen LogP contribution is 2.20. The van der Waals surface area contributed by atoms with Gasteiger partial charge in [-0.15, -0.1) is 11.3 Å². The average molecular weight is 254 g/mol. The zero-order chi connectivity index (χ0) is 11.4. The molecule has 0 aliphatic carbocycles. The Morgan fingerprint density at radius 3 is 3.06 bits per heavy atom. The molecule has 2 rings (SSSR count). The van der Waals surface area contributed by atoms with Gasteiger partial charge in [0, 0.05) is 17.7 Å². The van der Waals surface area contributed by atoms with Crippen LogP contribution in [-0.4, -0.2) is 20.4 Å². The largest absolute Gasteiger partial charge is 0.390 e. The van der Waals surface area contributed by atoms with Crippen LogP contribution in [0.25, 0.3) is 0 Å². The summed E-state index contributed by atoms with van der Waals surface area (Å²) in [5.41, 5.74) is 0.860. The molecule has 0 aliphatic rings. The summed E-state index contributed by atoms with van der Waals surface area (Å²) in [5, 5.41) is 12.1. The van der Waals surface area contributed by atoms with Gasteiger partial charge in [0.15, 0.2) is 5.16 Å². The van der Waals surface area contributed by atoms with Crippen LogP contribution in [0.5, 0.6) is 0 Å². The van der Waals surface area contributed by atoms with Crippen LogP contribution < -0.4 is 0 Å². The molecule has 2 heterocycles. The third-order valence-electron chi connectivity index (χ3n) is 2.36. The molecule has 0 spiro atoms. The molecule has 5 heteroatoms. The molecule has 1 N–H and O–H groups in total. The van der Waals surface area contributed by atoms with Gasteiger partial charge in [0.25, 0.3) is 0 Å². The molecule has 0 saturated heterocycles. The molecule has 0 fully saturated rings. The van der Waals surface area contributed by atoms with Crippen molar-refractivity contribution in [3.63, 3.8) is 0 Å². The number of imidazole rings is 1. The summed E-state index contributed by atoms with van der Waals surface area (Å²) in [6, 6.07) is 4.23. The molecule has 2 aromatic rings. The second-order valence-corrected chi connectivity index (χ2v) is 5.52. The topological polar surface area (TPSA) is 38.0 Å². The van der Waals surface area contributed by atoms with E-state index in [1.54, 1.807) is 29.3 Å². The van der Waals surface area contributed by atoms with Crippen molar-refractivity contribution in [3.8, 4) is 0 Å². The predicted octanol–water partition coefficient (Wildman–Crippen LogP) is 2.31. The molecule has 0 unspecified atom stereocenters. The Bertz CT molecular complexity index is 437. The molecule has 2 aromatic heterocycles. The van der Waals surface area contributed by atoms with Gasteiger partial charge in [-0.25, -0.2) is 4.98 Å². The lowest BCUT2D eigenvalue weighted by molar-refractivity contribution is 0.271. The van der Waals surface area contributed by atoms with Crippen LogP contribution in [-0.2, 0) is 20.1 Å². The summed E-state index contributed by atoms with van der Waals surface area (Å²) < 4.78 is 1.94. The van der Waals surface area contributed by atoms with Crippen molar-refractivity contribution < 1.29 is 5.11 Å². The third kappa shape index (κ3) is 2.66. The fourth-order valence-corrected chi connectivity index (χ4v) is 3.19. The van der Waals surface area contributed by atoms with Gasteiger partial charge < -0.3 is 9.67 Å². The molecule has 16 heavy (non-hydrogen) atoms. The minimum absolute atomic E-state index is 0.0506. The minimum atomic E-state index is 0.0506. The molecular formula is C11H14N2OS2. The standard InChI is InChI=1S/C11H14N2OS2/c1-13-9(8-14)7-12-11(13)16-6-4-10-3-2-5-15-10/h2-3,5,7,14H,4,6,8H2,1H3. The first-order valence-electron chi connectivity index (χ1n) is 5.08. The Morgan fingerprint density at radius 1 is 1.56 bits per heavy atom. The van der Waals surface area contributed by atoms with E-state index in [0.717, 1.165) is 23.0 Å². The number of thioether (sulfide) groups is 1. The molecule has 0 bridgehead atoms. The Morgan fingerprint density at radius 2 is 2.44 bits per heavy atom. The number of thiophene rings is 1. The molecular weight excluding hydrogens is 240 g/mol. The monoisotopic (exact) mass is 254 g/mol. The molecule has 86 valence electrons. The van der Waals surface area contributed by atoms with E-state index < -0.39 is 0 Å². The van der Waals surface area contributed by atoms with Crippen LogP contribution in [0.4, 0.5) is 0 Å². The normalized spacial score (nSPS) is 10.9. The van der Waals surface area contributed by atoms with Crippen molar-refractivity contribution >= 4 is 23.1 Å². The summed E-state index contributed by atoms with van der Waals surface area (Å²) in [6.45, 7) is 0.0506. The number of aryl methyl sites for hydroxylation is 1. The first-order valence-corrected chi connectivity index (χ1v) is 6.94. The van der Waals surface area contributed by atoms with Crippen LogP contribution in [0.2, 0.25) is 0 Å². The van der Waals surface area contributed by atoms with Crippen LogP contribution >= 0.6 is 23.1 Å². The molecule has 0 saturated carbocycles. The molecule has 0 radical (unpaired) electrons. The second-order valence-electron chi connectivity index (χ2n) is 3.43. The van der Waals surface area contributed by atoms with Gasteiger partial charge >= 0.3 is 0 Å². The Kier molecular flexibility index (Phi) is 4.04. The maximum atomic E-state index is 9.04. The summed E-state index contributed by atoms with van der Waals surface area (Å²) >= 11 is 3.52. The number of rotatable bonds is 5. The Labute approximate surface area is 103 Å². The maximum Gasteiger partial charge on any atom is 0.167 e. The van der Waals surface area contributed by atoms with E-state index >= 15 is 0 Å². The number of hydrogen-bond acceptors (Lipinski definition) is 4. The summed E-state index contributed by atoms with van der Waals surface area (Å²) in [6.07, 6.45) is 2.80. The van der Waals surface area contributed by atoms with Crippen molar-refractivity contribution in [2.24, 2.45) is 7.05 Å². The van der Waals surface area contributed by atoms with Gasteiger partial charge in [0.1, 0.15) is 0 Å². The van der Waals surface area contributed by atoms with E-state index in [2.05, 4.69) is 22.5 Å². The van der Waals surface area contributed by atoms with Crippen LogP contribution in [0.1, 0.15) is 10.6 Å². The second kappa shape index (κ2) is 5.52. The highest BCUT2D eigenvalue weighted by atomic mass is 32.2. The van der Waals surface area contributed by atoms with E-state index in [4.69, 9.17) is 5.11 Å². The fourth-order valence-electron chi connectivity index (χ4n) is 1.40. The van der Waals surface area contributed by atoms with Gasteiger partial charge in [-0.3, -0.25) is 0 Å². The van der Waals surface area contributed by atoms with Gasteiger partial charge in [-0.05, 0) is 17.9 Å². The summed E-state index contributed by atoms with van der Waals surface area (Å²) in [5.74, 6) is 1.02. The van der Waals surface area contributed by atoms with Gasteiger partial charge in [0.05, 0.1) is 18.5 Å². The summed E-state index contributed by atoms with van der Waals surface area (Å²) in [4.78, 5) is 5.68. The molecule has 0 aliphatic heterocycles. The number of aliphatic hydroxyl groups excluding tert-OH is 1. The SMILES string of the molecule is Cn1c(CO)cnc1SCCc1cccs1. The lowest BCUT2D eigenvalue weighted by atomic mass is 10.4. The number of nitrogens with zero attached hydrogens (tertiary/aromatic N) is 2. The zero-order valence-electron chi connectivity index (χ0n) is 9.09. The molecule has 0 amide bonds. The number of hydrogen-bond donors (Lipinski definition) is 1. The number of aromatic nitrogens is 2. The first-order chi connectivity index (χ1) is 7.81. The van der Waals surface area contributed by atoms with Crippen molar-refractivity contribution in [1.29, 1.82) is 0 Å². The van der Waals surface area contributed by atoms with Crippen LogP contribution in [0.3, 0.4) is 0 Å². The van der Waals surface area contributed by atoms with Crippen LogP contribution in [0.15, 0.2) is 28.9 Å². The smallest absolute Gasteiger partial charge is 0.167 e. The van der Waals surface area contributed by atoms with Gasteiger partial charge in [0.2, 0.25) is 0 Å². The zero-order valence-corrected chi connectivity index (χ0v) is 10.7.